The van der Waals surface area contributed by atoms with Crippen LogP contribution in [0.25, 0.3) is 21.5 Å². The van der Waals surface area contributed by atoms with Crippen LogP contribution in [0.5, 0.6) is 17.2 Å². The van der Waals surface area contributed by atoms with Crippen molar-refractivity contribution in [3.63, 3.8) is 0 Å². The second-order valence-electron chi connectivity index (χ2n) is 8.41. The first-order valence-corrected chi connectivity index (χ1v) is 11.8. The summed E-state index contributed by atoms with van der Waals surface area (Å²) >= 11 is 0. The average Bonchev–Trinajstić information content (AvgIpc) is 2.94. The summed E-state index contributed by atoms with van der Waals surface area (Å²) in [4.78, 5) is 0. The third-order valence-corrected chi connectivity index (χ3v) is 6.21. The van der Waals surface area contributed by atoms with Gasteiger partial charge in [0.15, 0.2) is 11.5 Å². The Morgan fingerprint density at radius 2 is 1.39 bits per heavy atom. The van der Waals surface area contributed by atoms with E-state index < -0.39 is 0 Å². The zero-order valence-corrected chi connectivity index (χ0v) is 20.4. The first-order valence-electron chi connectivity index (χ1n) is 11.8. The van der Waals surface area contributed by atoms with E-state index in [1.165, 1.54) is 10.8 Å². The minimum Gasteiger partial charge on any atom is -0.493 e. The van der Waals surface area contributed by atoms with Gasteiger partial charge in [-0.2, -0.15) is 5.10 Å². The van der Waals surface area contributed by atoms with Crippen LogP contribution in [0.15, 0.2) is 102 Å². The van der Waals surface area contributed by atoms with E-state index in [9.17, 15) is 0 Å². The number of ether oxygens (including phenoxy) is 3. The van der Waals surface area contributed by atoms with E-state index in [-0.39, 0.29) is 0 Å². The topological polar surface area (TPSA) is 52.1 Å². The number of rotatable bonds is 9. The van der Waals surface area contributed by atoms with Gasteiger partial charge in [-0.25, -0.2) is 0 Å². The van der Waals surface area contributed by atoms with Crippen LogP contribution in [-0.2, 0) is 13.2 Å². The molecule has 0 fully saturated rings. The molecule has 5 aromatic rings. The van der Waals surface area contributed by atoms with Crippen LogP contribution in [0, 0.1) is 0 Å². The van der Waals surface area contributed by atoms with Gasteiger partial charge in [-0.05, 0) is 50.9 Å². The molecule has 0 atom stereocenters. The fraction of sp³-hybridized carbons (Fsp3) is 0.129. The predicted molar refractivity (Wildman–Crippen MR) is 146 cm³/mol. The molecular formula is C31H28N2O3. The molecule has 0 spiro atoms. The standard InChI is InChI=1S/C31H28N2O3/c1-34-30-16-14-22(18-31(30)35-2)19-32-33-20-28-27-13-6-4-9-24(27)15-17-29(28)36-21-25-11-7-10-23-8-3-5-12-26(23)25/h3-18,20,32H,19,21H2,1-2H3/b33-20+. The molecule has 1 N–H and O–H groups in total. The third kappa shape index (κ3) is 4.96. The molecule has 5 nitrogen and oxygen atoms in total. The summed E-state index contributed by atoms with van der Waals surface area (Å²) in [6.45, 7) is 1.02. The Labute approximate surface area is 210 Å². The van der Waals surface area contributed by atoms with Crippen LogP contribution >= 0.6 is 0 Å². The third-order valence-electron chi connectivity index (χ3n) is 6.21. The van der Waals surface area contributed by atoms with E-state index in [0.717, 1.165) is 33.2 Å². The summed E-state index contributed by atoms with van der Waals surface area (Å²) in [5, 5.41) is 9.15. The largest absolute Gasteiger partial charge is 0.493 e. The van der Waals surface area contributed by atoms with E-state index in [1.54, 1.807) is 14.2 Å². The van der Waals surface area contributed by atoms with E-state index in [0.29, 0.717) is 24.7 Å². The normalized spacial score (nSPS) is 11.2. The highest BCUT2D eigenvalue weighted by molar-refractivity contribution is 6.02. The lowest BCUT2D eigenvalue weighted by Gasteiger charge is -2.13. The average molecular weight is 477 g/mol. The first-order chi connectivity index (χ1) is 17.8. The maximum absolute atomic E-state index is 6.36. The minimum atomic E-state index is 0.472. The molecule has 0 bridgehead atoms. The molecule has 180 valence electrons. The van der Waals surface area contributed by atoms with Crippen molar-refractivity contribution in [1.82, 2.24) is 5.43 Å². The summed E-state index contributed by atoms with van der Waals surface area (Å²) in [7, 11) is 3.26. The van der Waals surface area contributed by atoms with Gasteiger partial charge >= 0.3 is 0 Å². The lowest BCUT2D eigenvalue weighted by molar-refractivity contribution is 0.307. The number of nitrogens with one attached hydrogen (secondary N) is 1. The van der Waals surface area contributed by atoms with Crippen LogP contribution in [0.4, 0.5) is 0 Å². The van der Waals surface area contributed by atoms with E-state index >= 15 is 0 Å². The lowest BCUT2D eigenvalue weighted by atomic mass is 10.0. The maximum Gasteiger partial charge on any atom is 0.161 e. The molecule has 0 aliphatic rings. The van der Waals surface area contributed by atoms with Crippen molar-refractivity contribution in [2.24, 2.45) is 5.10 Å². The predicted octanol–water partition coefficient (Wildman–Crippen LogP) is 6.71. The number of nitrogens with zero attached hydrogens (tertiary/aromatic N) is 1. The number of methoxy groups -OCH3 is 2. The SMILES string of the molecule is COc1ccc(CN/N=C/c2c(OCc3cccc4ccccc34)ccc3ccccc23)cc1OC. The van der Waals surface area contributed by atoms with Gasteiger partial charge in [0.1, 0.15) is 12.4 Å². The molecule has 0 unspecified atom stereocenters. The van der Waals surface area contributed by atoms with Gasteiger partial charge in [0.25, 0.3) is 0 Å². The fourth-order valence-electron chi connectivity index (χ4n) is 4.35. The molecule has 5 heteroatoms. The summed E-state index contributed by atoms with van der Waals surface area (Å²) in [6, 6.07) is 32.9. The molecule has 0 saturated carbocycles. The Morgan fingerprint density at radius 3 is 2.19 bits per heavy atom. The summed E-state index contributed by atoms with van der Waals surface area (Å²) in [6.07, 6.45) is 1.83. The summed E-state index contributed by atoms with van der Waals surface area (Å²) < 4.78 is 17.1. The van der Waals surface area contributed by atoms with Gasteiger partial charge in [0.2, 0.25) is 0 Å². The van der Waals surface area contributed by atoms with Crippen molar-refractivity contribution < 1.29 is 14.2 Å². The molecule has 0 aromatic heterocycles. The van der Waals surface area contributed by atoms with Crippen LogP contribution in [0.3, 0.4) is 0 Å². The van der Waals surface area contributed by atoms with Gasteiger partial charge < -0.3 is 19.6 Å². The van der Waals surface area contributed by atoms with Crippen LogP contribution in [0.1, 0.15) is 16.7 Å². The highest BCUT2D eigenvalue weighted by Gasteiger charge is 2.09. The van der Waals surface area contributed by atoms with Crippen molar-refractivity contribution in [2.75, 3.05) is 14.2 Å². The quantitative estimate of drug-likeness (QED) is 0.190. The van der Waals surface area contributed by atoms with Crippen molar-refractivity contribution in [3.8, 4) is 17.2 Å². The van der Waals surface area contributed by atoms with Crippen molar-refractivity contribution in [2.45, 2.75) is 13.2 Å². The zero-order chi connectivity index (χ0) is 24.7. The molecule has 5 rings (SSSR count). The number of fused-ring (bicyclic) bond motifs is 2. The molecular weight excluding hydrogens is 448 g/mol. The van der Waals surface area contributed by atoms with Crippen LogP contribution in [-0.4, -0.2) is 20.4 Å². The first kappa shape index (κ1) is 23.2. The minimum absolute atomic E-state index is 0.472. The fourth-order valence-corrected chi connectivity index (χ4v) is 4.35. The zero-order valence-electron chi connectivity index (χ0n) is 20.4. The smallest absolute Gasteiger partial charge is 0.161 e. The maximum atomic E-state index is 6.36. The van der Waals surface area contributed by atoms with Gasteiger partial charge in [0, 0.05) is 5.56 Å². The number of hydrazone groups is 1. The van der Waals surface area contributed by atoms with Crippen LogP contribution in [0.2, 0.25) is 0 Å². The van der Waals surface area contributed by atoms with Gasteiger partial charge in [-0.1, -0.05) is 78.9 Å². The molecule has 5 aromatic carbocycles. The molecule has 0 aliphatic carbocycles. The number of benzene rings is 5. The van der Waals surface area contributed by atoms with Gasteiger partial charge in [-0.3, -0.25) is 0 Å². The Bertz CT molecular complexity index is 1520. The van der Waals surface area contributed by atoms with Crippen LogP contribution < -0.4 is 19.6 Å². The lowest BCUT2D eigenvalue weighted by Crippen LogP contribution is -2.07. The van der Waals surface area contributed by atoms with E-state index in [2.05, 4.69) is 71.2 Å². The Morgan fingerprint density at radius 1 is 0.694 bits per heavy atom. The number of hydrogen-bond acceptors (Lipinski definition) is 5. The molecule has 0 radical (unpaired) electrons. The summed E-state index contributed by atoms with van der Waals surface area (Å²) in [5.41, 5.74) is 6.27. The highest BCUT2D eigenvalue weighted by Crippen LogP contribution is 2.29. The van der Waals surface area contributed by atoms with Crippen molar-refractivity contribution in [1.29, 1.82) is 0 Å². The Balaban J connectivity index is 1.37. The molecule has 36 heavy (non-hydrogen) atoms. The molecule has 0 amide bonds. The second-order valence-corrected chi connectivity index (χ2v) is 8.41. The van der Waals surface area contributed by atoms with Gasteiger partial charge in [-0.15, -0.1) is 0 Å². The Hall–Kier alpha value is -4.51. The van der Waals surface area contributed by atoms with Crippen molar-refractivity contribution in [3.05, 3.63) is 114 Å². The number of hydrogen-bond donors (Lipinski definition) is 1. The van der Waals surface area contributed by atoms with Gasteiger partial charge in [0.05, 0.1) is 27.0 Å². The van der Waals surface area contributed by atoms with E-state index in [4.69, 9.17) is 14.2 Å². The molecule has 0 aliphatic heterocycles. The van der Waals surface area contributed by atoms with E-state index in [1.807, 2.05) is 42.6 Å². The molecule has 0 saturated heterocycles. The second kappa shape index (κ2) is 10.8. The van der Waals surface area contributed by atoms with Crippen molar-refractivity contribution >= 4 is 27.8 Å². The Kier molecular flexibility index (Phi) is 6.99. The molecule has 0 heterocycles. The monoisotopic (exact) mass is 476 g/mol. The highest BCUT2D eigenvalue weighted by atomic mass is 16.5. The summed E-state index contributed by atoms with van der Waals surface area (Å²) in [5.74, 6) is 2.19.